The first-order chi connectivity index (χ1) is 18.5. The highest BCUT2D eigenvalue weighted by Crippen LogP contribution is 2.34. The van der Waals surface area contributed by atoms with Crippen LogP contribution in [0.2, 0.25) is 0 Å². The lowest BCUT2D eigenvalue weighted by atomic mass is 10.0. The number of hydrogen-bond donors (Lipinski definition) is 1. The van der Waals surface area contributed by atoms with Gasteiger partial charge in [-0.25, -0.2) is 4.98 Å². The Morgan fingerprint density at radius 1 is 1.05 bits per heavy atom. The van der Waals surface area contributed by atoms with Gasteiger partial charge in [0.15, 0.2) is 11.5 Å². The molecule has 2 aliphatic heterocycles. The number of carbonyl (C=O) groups is 1. The van der Waals surface area contributed by atoms with E-state index in [1.54, 1.807) is 14.0 Å². The lowest BCUT2D eigenvalue weighted by Gasteiger charge is -2.42. The van der Waals surface area contributed by atoms with Crippen LogP contribution < -0.4 is 14.4 Å². The predicted molar refractivity (Wildman–Crippen MR) is 147 cm³/mol. The molecule has 3 aromatic rings. The summed E-state index contributed by atoms with van der Waals surface area (Å²) in [6.07, 6.45) is 3.08. The molecule has 0 bridgehead atoms. The van der Waals surface area contributed by atoms with E-state index in [0.29, 0.717) is 12.4 Å². The maximum Gasteiger partial charge on any atom is 0.218 e. The number of piperazine rings is 1. The number of methoxy groups -OCH3 is 1. The minimum absolute atomic E-state index is 0.0564. The second-order valence-corrected chi connectivity index (χ2v) is 10.4. The zero-order chi connectivity index (χ0) is 26.5. The summed E-state index contributed by atoms with van der Waals surface area (Å²) in [5.41, 5.74) is 2.37. The van der Waals surface area contributed by atoms with Gasteiger partial charge in [-0.1, -0.05) is 30.3 Å². The van der Waals surface area contributed by atoms with Crippen molar-refractivity contribution in [3.8, 4) is 11.5 Å². The number of likely N-dealkylation sites (tertiary alicyclic amines) is 1. The van der Waals surface area contributed by atoms with Crippen molar-refractivity contribution in [1.29, 1.82) is 0 Å². The quantitative estimate of drug-likeness (QED) is 0.432. The molecule has 0 unspecified atom stereocenters. The second-order valence-electron chi connectivity index (χ2n) is 10.4. The van der Waals surface area contributed by atoms with Crippen molar-refractivity contribution in [3.05, 3.63) is 65.7 Å². The molecule has 2 aliphatic rings. The zero-order valence-electron chi connectivity index (χ0n) is 22.6. The number of aromatic amines is 1. The summed E-state index contributed by atoms with van der Waals surface area (Å²) in [5.74, 6) is 2.42. The van der Waals surface area contributed by atoms with Crippen LogP contribution in [0.15, 0.2) is 48.5 Å². The Hall–Kier alpha value is -3.43. The van der Waals surface area contributed by atoms with Gasteiger partial charge >= 0.3 is 0 Å². The summed E-state index contributed by atoms with van der Waals surface area (Å²) in [6, 6.07) is 16.9. The minimum Gasteiger partial charge on any atom is -0.493 e. The Bertz CT molecular complexity index is 1210. The average Bonchev–Trinajstić information content (AvgIpc) is 3.38. The van der Waals surface area contributed by atoms with Gasteiger partial charge < -0.3 is 19.3 Å². The number of Topliss-reactive ketones (excluding diaryl/α,β-unsaturated/α-hetero) is 1. The first kappa shape index (κ1) is 26.2. The summed E-state index contributed by atoms with van der Waals surface area (Å²) < 4.78 is 12.1. The number of aryl methyl sites for hydroxylation is 1. The molecule has 0 amide bonds. The Morgan fingerprint density at radius 3 is 2.55 bits per heavy atom. The summed E-state index contributed by atoms with van der Waals surface area (Å²) >= 11 is 0. The van der Waals surface area contributed by atoms with Crippen LogP contribution in [0, 0.1) is 6.92 Å². The molecule has 1 N–H and O–H groups in total. The van der Waals surface area contributed by atoms with Crippen LogP contribution in [0.4, 0.5) is 5.69 Å². The van der Waals surface area contributed by atoms with Crippen molar-refractivity contribution >= 4 is 11.5 Å². The van der Waals surface area contributed by atoms with E-state index < -0.39 is 0 Å². The number of aromatic nitrogens is 3. The number of hydrogen-bond acceptors (Lipinski definition) is 8. The highest BCUT2D eigenvalue weighted by molar-refractivity contribution is 5.94. The highest BCUT2D eigenvalue weighted by atomic mass is 16.5. The van der Waals surface area contributed by atoms with Crippen molar-refractivity contribution in [3.63, 3.8) is 0 Å². The second kappa shape index (κ2) is 12.0. The minimum atomic E-state index is -0.0564. The van der Waals surface area contributed by atoms with Crippen LogP contribution >= 0.6 is 0 Å². The Labute approximate surface area is 224 Å². The first-order valence-electron chi connectivity index (χ1n) is 13.5. The lowest BCUT2D eigenvalue weighted by Crippen LogP contribution is -2.55. The van der Waals surface area contributed by atoms with Gasteiger partial charge in [-0.3, -0.25) is 14.8 Å². The largest absolute Gasteiger partial charge is 0.493 e. The Balaban J connectivity index is 1.33. The third kappa shape index (κ3) is 6.34. The summed E-state index contributed by atoms with van der Waals surface area (Å²) in [5, 5.41) is 6.86. The molecule has 1 atom stereocenters. The number of benzene rings is 2. The molecule has 0 aliphatic carbocycles. The molecule has 2 saturated heterocycles. The fourth-order valence-corrected chi connectivity index (χ4v) is 5.37. The number of ether oxygens (including phenoxy) is 2. The van der Waals surface area contributed by atoms with Crippen LogP contribution in [-0.4, -0.2) is 96.3 Å². The summed E-state index contributed by atoms with van der Waals surface area (Å²) in [4.78, 5) is 24.2. The molecule has 1 aromatic heterocycles. The molecule has 2 fully saturated rings. The van der Waals surface area contributed by atoms with E-state index in [2.05, 4.69) is 73.3 Å². The van der Waals surface area contributed by atoms with Gasteiger partial charge in [-0.05, 0) is 50.9 Å². The zero-order valence-corrected chi connectivity index (χ0v) is 22.6. The van der Waals surface area contributed by atoms with E-state index in [-0.39, 0.29) is 23.8 Å². The number of nitrogens with one attached hydrogen (secondary N) is 1. The molecule has 202 valence electrons. The Morgan fingerprint density at radius 2 is 1.84 bits per heavy atom. The molecule has 0 radical (unpaired) electrons. The standard InChI is InChI=1S/C29H38N6O3/c1-21-30-29(32-31-21)26(36)20-35-16-15-34(19-24(35)17-22-7-5-4-6-8-22)23-9-10-27(37-3)28(18-23)38-25-11-13-33(2)14-12-25/h4-10,18,24-25H,11-17,19-20H2,1-3H3,(H,30,31,32)/t24-/m0/s1. The number of rotatable bonds is 9. The number of H-pyrrole nitrogens is 1. The third-order valence-electron chi connectivity index (χ3n) is 7.58. The van der Waals surface area contributed by atoms with Crippen molar-refractivity contribution < 1.29 is 14.3 Å². The van der Waals surface area contributed by atoms with Crippen LogP contribution in [0.1, 0.15) is 34.8 Å². The molecule has 0 spiro atoms. The predicted octanol–water partition coefficient (Wildman–Crippen LogP) is 3.21. The topological polar surface area (TPSA) is 86.8 Å². The molecule has 5 rings (SSSR count). The van der Waals surface area contributed by atoms with Crippen LogP contribution in [0.25, 0.3) is 0 Å². The van der Waals surface area contributed by atoms with E-state index >= 15 is 0 Å². The molecule has 9 nitrogen and oxygen atoms in total. The smallest absolute Gasteiger partial charge is 0.218 e. The van der Waals surface area contributed by atoms with E-state index in [0.717, 1.165) is 69.2 Å². The number of nitrogens with zero attached hydrogens (tertiary/aromatic N) is 5. The van der Waals surface area contributed by atoms with Gasteiger partial charge in [0.2, 0.25) is 11.6 Å². The lowest BCUT2D eigenvalue weighted by molar-refractivity contribution is 0.0865. The van der Waals surface area contributed by atoms with Crippen LogP contribution in [0.5, 0.6) is 11.5 Å². The number of carbonyl (C=O) groups excluding carboxylic acids is 1. The SMILES string of the molecule is COc1ccc(N2CCN(CC(=O)c3n[nH]c(C)n3)[C@@H](Cc3ccccc3)C2)cc1OC1CCN(C)CC1. The molecule has 3 heterocycles. The molecule has 38 heavy (non-hydrogen) atoms. The van der Waals surface area contributed by atoms with Crippen LogP contribution in [0.3, 0.4) is 0 Å². The van der Waals surface area contributed by atoms with Gasteiger partial charge in [0.1, 0.15) is 11.9 Å². The molecule has 9 heteroatoms. The molecule has 0 saturated carbocycles. The van der Waals surface area contributed by atoms with E-state index in [9.17, 15) is 4.79 Å². The third-order valence-corrected chi connectivity index (χ3v) is 7.58. The van der Waals surface area contributed by atoms with Crippen molar-refractivity contribution in [2.75, 3.05) is 58.3 Å². The maximum absolute atomic E-state index is 13.0. The maximum atomic E-state index is 13.0. The fraction of sp³-hybridized carbons (Fsp3) is 0.483. The first-order valence-corrected chi connectivity index (χ1v) is 13.5. The van der Waals surface area contributed by atoms with E-state index in [1.807, 2.05) is 12.1 Å². The number of piperidine rings is 1. The van der Waals surface area contributed by atoms with E-state index in [1.165, 1.54) is 5.56 Å². The van der Waals surface area contributed by atoms with Crippen molar-refractivity contribution in [2.24, 2.45) is 0 Å². The normalized spacial score (nSPS) is 19.4. The Kier molecular flexibility index (Phi) is 8.24. The van der Waals surface area contributed by atoms with Gasteiger partial charge in [-0.2, -0.15) is 5.10 Å². The molecular formula is C29H38N6O3. The van der Waals surface area contributed by atoms with Gasteiger partial charge in [0, 0.05) is 50.5 Å². The average molecular weight is 519 g/mol. The monoisotopic (exact) mass is 518 g/mol. The summed E-state index contributed by atoms with van der Waals surface area (Å²) in [7, 11) is 3.85. The van der Waals surface area contributed by atoms with E-state index in [4.69, 9.17) is 9.47 Å². The number of ketones is 1. The van der Waals surface area contributed by atoms with Crippen LogP contribution in [-0.2, 0) is 6.42 Å². The molecular weight excluding hydrogens is 480 g/mol. The molecule has 2 aromatic carbocycles. The van der Waals surface area contributed by atoms with Crippen molar-refractivity contribution in [1.82, 2.24) is 25.0 Å². The van der Waals surface area contributed by atoms with Gasteiger partial charge in [0.05, 0.1) is 13.7 Å². The number of anilines is 1. The van der Waals surface area contributed by atoms with Gasteiger partial charge in [0.25, 0.3) is 0 Å². The highest BCUT2D eigenvalue weighted by Gasteiger charge is 2.30. The van der Waals surface area contributed by atoms with Gasteiger partial charge in [-0.15, -0.1) is 0 Å². The summed E-state index contributed by atoms with van der Waals surface area (Å²) in [6.45, 7) is 6.57. The fourth-order valence-electron chi connectivity index (χ4n) is 5.37. The van der Waals surface area contributed by atoms with Crippen molar-refractivity contribution in [2.45, 2.75) is 38.3 Å².